The number of aromatic amines is 1. The molecule has 1 amide bonds. The minimum atomic E-state index is -1.53. The molecule has 2 aliphatic heterocycles. The Bertz CT molecular complexity index is 1930. The van der Waals surface area contributed by atoms with Crippen LogP contribution in [0.1, 0.15) is 55.7 Å². The number of aliphatic hydroxyl groups excluding tert-OH is 4. The molecule has 4 aromatic rings. The van der Waals surface area contributed by atoms with E-state index in [1.807, 2.05) is 12.1 Å². The van der Waals surface area contributed by atoms with Crippen molar-refractivity contribution in [2.45, 2.75) is 95.3 Å². The quantitative estimate of drug-likeness (QED) is 0.0676. The molecular formula is C39H54N8O9. The van der Waals surface area contributed by atoms with Crippen molar-refractivity contribution in [3.63, 3.8) is 0 Å². The number of carbonyl (C=O) groups excluding carboxylic acids is 1. The van der Waals surface area contributed by atoms with E-state index in [1.165, 1.54) is 5.56 Å². The van der Waals surface area contributed by atoms with Crippen molar-refractivity contribution in [3.8, 4) is 11.8 Å². The lowest BCUT2D eigenvalue weighted by atomic mass is 9.93. The van der Waals surface area contributed by atoms with Crippen LogP contribution in [-0.2, 0) is 29.0 Å². The van der Waals surface area contributed by atoms with Gasteiger partial charge in [-0.25, -0.2) is 4.79 Å². The van der Waals surface area contributed by atoms with Crippen molar-refractivity contribution >= 4 is 22.9 Å². The number of rotatable bonds is 17. The molecule has 6 rings (SSSR count). The summed E-state index contributed by atoms with van der Waals surface area (Å²) < 4.78 is 18.2. The van der Waals surface area contributed by atoms with Crippen LogP contribution in [0, 0.1) is 5.92 Å². The second-order valence-corrected chi connectivity index (χ2v) is 14.7. The van der Waals surface area contributed by atoms with Gasteiger partial charge < -0.3 is 56.4 Å². The van der Waals surface area contributed by atoms with E-state index in [-0.39, 0.29) is 23.4 Å². The fourth-order valence-electron chi connectivity index (χ4n) is 7.05. The van der Waals surface area contributed by atoms with Gasteiger partial charge in [-0.3, -0.25) is 14.3 Å². The summed E-state index contributed by atoms with van der Waals surface area (Å²) in [6, 6.07) is 14.4. The first-order valence-electron chi connectivity index (χ1n) is 19.3. The lowest BCUT2D eigenvalue weighted by Gasteiger charge is -2.39. The van der Waals surface area contributed by atoms with Crippen LogP contribution in [0.4, 0.5) is 5.82 Å². The molecule has 0 bridgehead atoms. The number of unbranched alkanes of at least 4 members (excludes halogenated alkanes) is 1. The molecule has 4 heterocycles. The second-order valence-electron chi connectivity index (χ2n) is 14.7. The number of hydrogen-bond acceptors (Lipinski definition) is 14. The summed E-state index contributed by atoms with van der Waals surface area (Å²) in [6.45, 7) is 5.63. The van der Waals surface area contributed by atoms with Crippen molar-refractivity contribution in [1.82, 2.24) is 29.7 Å². The Morgan fingerprint density at radius 1 is 1.00 bits per heavy atom. The van der Waals surface area contributed by atoms with E-state index in [1.54, 1.807) is 28.8 Å². The van der Waals surface area contributed by atoms with Gasteiger partial charge in [0.15, 0.2) is 11.5 Å². The molecule has 304 valence electrons. The van der Waals surface area contributed by atoms with Crippen LogP contribution in [0.25, 0.3) is 11.2 Å². The highest BCUT2D eigenvalue weighted by Gasteiger charge is 2.44. The number of benzene rings is 2. The van der Waals surface area contributed by atoms with Crippen LogP contribution in [-0.4, -0.2) is 120 Å². The Morgan fingerprint density at radius 2 is 1.68 bits per heavy atom. The first-order chi connectivity index (χ1) is 27.0. The zero-order valence-corrected chi connectivity index (χ0v) is 31.6. The molecule has 56 heavy (non-hydrogen) atoms. The highest BCUT2D eigenvalue weighted by Crippen LogP contribution is 2.26. The Balaban J connectivity index is 0.895. The smallest absolute Gasteiger partial charge is 0.328 e. The number of H-pyrrole nitrogens is 1. The summed E-state index contributed by atoms with van der Waals surface area (Å²) in [7, 11) is 0. The fraction of sp³-hybridized carbons (Fsp3) is 0.538. The van der Waals surface area contributed by atoms with E-state index in [4.69, 9.17) is 25.7 Å². The van der Waals surface area contributed by atoms with Gasteiger partial charge in [-0.15, -0.1) is 0 Å². The summed E-state index contributed by atoms with van der Waals surface area (Å²) in [4.78, 5) is 39.4. The Kier molecular flexibility index (Phi) is 13.9. The number of aliphatic hydroxyl groups is 4. The van der Waals surface area contributed by atoms with Gasteiger partial charge in [0.25, 0.3) is 0 Å². The monoisotopic (exact) mass is 778 g/mol. The maximum absolute atomic E-state index is 12.8. The molecule has 0 aliphatic carbocycles. The van der Waals surface area contributed by atoms with Crippen LogP contribution in [0.2, 0.25) is 0 Å². The number of nitrogens with one attached hydrogen (secondary N) is 2. The minimum Gasteiger partial charge on any atom is -0.463 e. The molecule has 17 nitrogen and oxygen atoms in total. The molecule has 2 aliphatic rings. The average molecular weight is 779 g/mol. The van der Waals surface area contributed by atoms with Crippen molar-refractivity contribution in [2.24, 2.45) is 11.7 Å². The van der Waals surface area contributed by atoms with Crippen LogP contribution >= 0.6 is 0 Å². The molecule has 2 fully saturated rings. The summed E-state index contributed by atoms with van der Waals surface area (Å²) in [5.74, 6) is 0.795. The lowest BCUT2D eigenvalue weighted by Crippen LogP contribution is -2.60. The topological polar surface area (TPSA) is 257 Å². The number of ether oxygens (including phenoxy) is 3. The van der Waals surface area contributed by atoms with Crippen LogP contribution < -0.4 is 31.9 Å². The molecule has 0 saturated carbocycles. The first-order valence-corrected chi connectivity index (χ1v) is 19.3. The van der Waals surface area contributed by atoms with Gasteiger partial charge in [-0.2, -0.15) is 9.97 Å². The number of carbonyl (C=O) groups is 1. The Morgan fingerprint density at radius 3 is 2.36 bits per heavy atom. The molecule has 10 N–H and O–H groups in total. The highest BCUT2D eigenvalue weighted by atomic mass is 16.7. The number of aromatic nitrogens is 4. The molecule has 2 aromatic carbocycles. The number of hydrogen-bond donors (Lipinski definition) is 8. The number of anilines is 1. The van der Waals surface area contributed by atoms with E-state index in [2.05, 4.69) is 44.2 Å². The molecule has 6 atom stereocenters. The van der Waals surface area contributed by atoms with Gasteiger partial charge in [0, 0.05) is 13.1 Å². The normalized spacial score (nSPS) is 22.6. The SMILES string of the molecule is CCCCOc1nc(N)c2[nH]c(=O)n(Cc3ccc(CN4CCC(CCNC(=O)[C@@H](N)Cc5ccc(OC6O[C@H](CO)[C@@H](O)[C@H](O)[C@H]6O)cc5)CC4)cc3)c2n1. The van der Waals surface area contributed by atoms with E-state index in [9.17, 15) is 30.0 Å². The van der Waals surface area contributed by atoms with Gasteiger partial charge in [-0.05, 0) is 79.9 Å². The second kappa shape index (κ2) is 19.0. The van der Waals surface area contributed by atoms with E-state index in [0.717, 1.165) is 62.9 Å². The molecule has 1 unspecified atom stereocenters. The summed E-state index contributed by atoms with van der Waals surface area (Å²) in [5.41, 5.74) is 15.8. The highest BCUT2D eigenvalue weighted by molar-refractivity contribution is 5.82. The van der Waals surface area contributed by atoms with E-state index < -0.39 is 43.4 Å². The minimum absolute atomic E-state index is 0.161. The first kappa shape index (κ1) is 41.0. The molecule has 0 spiro atoms. The summed E-state index contributed by atoms with van der Waals surface area (Å²) >= 11 is 0. The number of imidazole rings is 1. The molecule has 2 aromatic heterocycles. The van der Waals surface area contributed by atoms with Crippen LogP contribution in [0.3, 0.4) is 0 Å². The number of piperidine rings is 1. The van der Waals surface area contributed by atoms with Gasteiger partial charge in [-0.1, -0.05) is 49.7 Å². The summed E-state index contributed by atoms with van der Waals surface area (Å²) in [6.07, 6.45) is -1.76. The maximum Gasteiger partial charge on any atom is 0.328 e. The van der Waals surface area contributed by atoms with Gasteiger partial charge in [0.05, 0.1) is 25.8 Å². The predicted molar refractivity (Wildman–Crippen MR) is 207 cm³/mol. The third kappa shape index (κ3) is 10.2. The molecule has 2 saturated heterocycles. The zero-order chi connectivity index (χ0) is 39.8. The Labute approximate surface area is 324 Å². The van der Waals surface area contributed by atoms with Crippen molar-refractivity contribution in [2.75, 3.05) is 38.6 Å². The van der Waals surface area contributed by atoms with E-state index >= 15 is 0 Å². The number of fused-ring (bicyclic) bond motifs is 1. The van der Waals surface area contributed by atoms with E-state index in [0.29, 0.717) is 48.9 Å². The lowest BCUT2D eigenvalue weighted by molar-refractivity contribution is -0.277. The van der Waals surface area contributed by atoms with Crippen molar-refractivity contribution in [1.29, 1.82) is 0 Å². The predicted octanol–water partition coefficient (Wildman–Crippen LogP) is 0.396. The van der Waals surface area contributed by atoms with Crippen molar-refractivity contribution < 1.29 is 39.4 Å². The number of nitrogens with two attached hydrogens (primary N) is 2. The summed E-state index contributed by atoms with van der Waals surface area (Å²) in [5, 5.41) is 42.5. The van der Waals surface area contributed by atoms with Crippen LogP contribution in [0.5, 0.6) is 11.8 Å². The van der Waals surface area contributed by atoms with Gasteiger partial charge in [0.1, 0.15) is 35.7 Å². The standard InChI is InChI=1S/C39H54N8O9/c1-2-3-18-54-38-44-34(41)30-35(45-38)47(39(53)43-30)21-26-6-4-25(5-7-26)20-46-16-13-23(14-17-46)12-15-42-36(52)28(40)19-24-8-10-27(11-9-24)55-37-33(51)32(50)31(49)29(22-48)56-37/h4-11,23,28-29,31-33,37,48-51H,2-3,12-22,40H2,1H3,(H,42,52)(H,43,53)(H2,41,44,45)/t28-,29+,31+,32-,33+,37?/m0/s1. The average Bonchev–Trinajstić information content (AvgIpc) is 3.51. The number of nitrogen functional groups attached to an aromatic ring is 1. The van der Waals surface area contributed by atoms with Crippen LogP contribution in [0.15, 0.2) is 53.3 Å². The third-order valence-corrected chi connectivity index (χ3v) is 10.5. The molecule has 0 radical (unpaired) electrons. The number of likely N-dealkylation sites (tertiary alicyclic amines) is 1. The largest absolute Gasteiger partial charge is 0.463 e. The fourth-order valence-corrected chi connectivity index (χ4v) is 7.05. The third-order valence-electron chi connectivity index (χ3n) is 10.5. The van der Waals surface area contributed by atoms with Gasteiger partial charge >= 0.3 is 11.7 Å². The number of nitrogens with zero attached hydrogens (tertiary/aromatic N) is 4. The van der Waals surface area contributed by atoms with Gasteiger partial charge in [0.2, 0.25) is 12.2 Å². The van der Waals surface area contributed by atoms with Crippen molar-refractivity contribution in [3.05, 3.63) is 75.7 Å². The zero-order valence-electron chi connectivity index (χ0n) is 31.6. The Hall–Kier alpha value is -4.62. The molecule has 17 heteroatoms. The molecular weight excluding hydrogens is 724 g/mol. The number of amides is 1. The maximum atomic E-state index is 12.8.